The first-order valence-corrected chi connectivity index (χ1v) is 15.2. The maximum absolute atomic E-state index is 13.7. The van der Waals surface area contributed by atoms with Gasteiger partial charge >= 0.3 is 5.91 Å². The van der Waals surface area contributed by atoms with Gasteiger partial charge in [-0.05, 0) is 55.7 Å². The SMILES string of the molecule is COc1cc(C2/C(=C(\O)c3cc(C)ccc3C)C(=O)C(=O)N2c2nnc(SCc3ccc(C)cc3)s2)cc(OC)c1OC. The van der Waals surface area contributed by atoms with Crippen molar-refractivity contribution in [3.8, 4) is 17.2 Å². The predicted molar refractivity (Wildman–Crippen MR) is 167 cm³/mol. The lowest BCUT2D eigenvalue weighted by Gasteiger charge is -2.24. The van der Waals surface area contributed by atoms with Crippen molar-refractivity contribution in [3.05, 3.63) is 93.6 Å². The average molecular weight is 618 g/mol. The Bertz CT molecular complexity index is 1710. The molecule has 0 radical (unpaired) electrons. The number of thioether (sulfide) groups is 1. The van der Waals surface area contributed by atoms with Gasteiger partial charge in [0.25, 0.3) is 5.78 Å². The van der Waals surface area contributed by atoms with Gasteiger partial charge < -0.3 is 19.3 Å². The van der Waals surface area contributed by atoms with Crippen LogP contribution < -0.4 is 19.1 Å². The highest BCUT2D eigenvalue weighted by Crippen LogP contribution is 2.48. The molecule has 1 aliphatic heterocycles. The number of rotatable bonds is 9. The van der Waals surface area contributed by atoms with Crippen LogP contribution in [0.1, 0.15) is 39.4 Å². The van der Waals surface area contributed by atoms with Gasteiger partial charge in [0.05, 0.1) is 32.9 Å². The van der Waals surface area contributed by atoms with Crippen LogP contribution in [0.4, 0.5) is 5.13 Å². The quantitative estimate of drug-likeness (QED) is 0.0749. The number of carbonyl (C=O) groups is 2. The van der Waals surface area contributed by atoms with E-state index in [1.807, 2.05) is 45.0 Å². The first-order chi connectivity index (χ1) is 20.7. The van der Waals surface area contributed by atoms with E-state index in [1.165, 1.54) is 54.9 Å². The van der Waals surface area contributed by atoms with E-state index in [4.69, 9.17) is 14.2 Å². The van der Waals surface area contributed by atoms with Crippen LogP contribution in [0.25, 0.3) is 5.76 Å². The second-order valence-electron chi connectivity index (χ2n) is 10.1. The van der Waals surface area contributed by atoms with E-state index in [-0.39, 0.29) is 16.5 Å². The smallest absolute Gasteiger partial charge is 0.301 e. The first-order valence-electron chi connectivity index (χ1n) is 13.4. The van der Waals surface area contributed by atoms with E-state index in [2.05, 4.69) is 22.3 Å². The highest BCUT2D eigenvalue weighted by molar-refractivity contribution is 8.00. The molecular formula is C32H31N3O6S2. The lowest BCUT2D eigenvalue weighted by Crippen LogP contribution is -2.29. The fourth-order valence-electron chi connectivity index (χ4n) is 4.93. The third-order valence-corrected chi connectivity index (χ3v) is 9.31. The summed E-state index contributed by atoms with van der Waals surface area (Å²) in [7, 11) is 4.45. The molecule has 9 nitrogen and oxygen atoms in total. The topological polar surface area (TPSA) is 111 Å². The third-order valence-electron chi connectivity index (χ3n) is 7.18. The molecule has 1 saturated heterocycles. The molecule has 2 heterocycles. The summed E-state index contributed by atoms with van der Waals surface area (Å²) in [5.41, 5.74) is 4.80. The van der Waals surface area contributed by atoms with Crippen LogP contribution in [0.15, 0.2) is 64.5 Å². The standard InChI is InChI=1S/C32H31N3O6S2/c1-17-8-11-20(12-9-17)16-42-32-34-33-31(43-32)35-26(21-14-23(39-4)29(41-6)24(15-21)40-5)25(28(37)30(35)38)27(36)22-13-18(2)7-10-19(22)3/h7-15,26,36H,16H2,1-6H3/b27-25+. The Kier molecular flexibility index (Phi) is 8.74. The number of benzene rings is 3. The van der Waals surface area contributed by atoms with Gasteiger partial charge in [-0.3, -0.25) is 14.5 Å². The van der Waals surface area contributed by atoms with E-state index < -0.39 is 17.7 Å². The van der Waals surface area contributed by atoms with Gasteiger partial charge in [-0.25, -0.2) is 0 Å². The molecule has 222 valence electrons. The first kappa shape index (κ1) is 30.1. The minimum absolute atomic E-state index is 0.0722. The van der Waals surface area contributed by atoms with Crippen molar-refractivity contribution in [3.63, 3.8) is 0 Å². The Hall–Kier alpha value is -4.35. The monoisotopic (exact) mass is 617 g/mol. The Labute approximate surface area is 258 Å². The normalized spacial score (nSPS) is 16.0. The number of amides is 1. The summed E-state index contributed by atoms with van der Waals surface area (Å²) in [5, 5.41) is 20.5. The molecule has 0 spiro atoms. The number of aromatic nitrogens is 2. The van der Waals surface area contributed by atoms with Crippen LogP contribution >= 0.6 is 23.1 Å². The van der Waals surface area contributed by atoms with Crippen LogP contribution in [-0.2, 0) is 15.3 Å². The van der Waals surface area contributed by atoms with E-state index >= 15 is 0 Å². The molecule has 11 heteroatoms. The second kappa shape index (κ2) is 12.5. The van der Waals surface area contributed by atoms with E-state index in [1.54, 1.807) is 18.2 Å². The zero-order valence-electron chi connectivity index (χ0n) is 24.6. The van der Waals surface area contributed by atoms with Crippen LogP contribution in [-0.4, -0.2) is 48.3 Å². The lowest BCUT2D eigenvalue weighted by molar-refractivity contribution is -0.132. The minimum Gasteiger partial charge on any atom is -0.507 e. The van der Waals surface area contributed by atoms with Gasteiger partial charge in [0.1, 0.15) is 5.76 Å². The van der Waals surface area contributed by atoms with Gasteiger partial charge in [-0.2, -0.15) is 0 Å². The van der Waals surface area contributed by atoms with Crippen LogP contribution in [0.2, 0.25) is 0 Å². The van der Waals surface area contributed by atoms with Crippen molar-refractivity contribution in [2.75, 3.05) is 26.2 Å². The number of carbonyl (C=O) groups excluding carboxylic acids is 2. The number of Topliss-reactive ketones (excluding diaryl/α,β-unsaturated/α-hetero) is 1. The molecule has 1 amide bonds. The summed E-state index contributed by atoms with van der Waals surface area (Å²) >= 11 is 2.69. The zero-order valence-corrected chi connectivity index (χ0v) is 26.3. The highest BCUT2D eigenvalue weighted by Gasteiger charge is 2.49. The molecule has 1 fully saturated rings. The molecule has 0 saturated carbocycles. The van der Waals surface area contributed by atoms with Crippen molar-refractivity contribution in [2.24, 2.45) is 0 Å². The summed E-state index contributed by atoms with van der Waals surface area (Å²) in [5.74, 6) is -0.249. The third kappa shape index (κ3) is 5.82. The van der Waals surface area contributed by atoms with Crippen LogP contribution in [0.3, 0.4) is 0 Å². The lowest BCUT2D eigenvalue weighted by atomic mass is 9.93. The van der Waals surface area contributed by atoms with Crippen molar-refractivity contribution in [1.82, 2.24) is 10.2 Å². The molecule has 1 N–H and O–H groups in total. The van der Waals surface area contributed by atoms with Gasteiger partial charge in [-0.15, -0.1) is 10.2 Å². The highest BCUT2D eigenvalue weighted by atomic mass is 32.2. The molecule has 1 aromatic heterocycles. The summed E-state index contributed by atoms with van der Waals surface area (Å²) < 4.78 is 17.3. The number of aliphatic hydroxyl groups is 1. The van der Waals surface area contributed by atoms with Crippen molar-refractivity contribution >= 4 is 45.7 Å². The fraction of sp³-hybridized carbons (Fsp3) is 0.250. The Balaban J connectivity index is 1.64. The number of methoxy groups -OCH3 is 3. The summed E-state index contributed by atoms with van der Waals surface area (Å²) in [6.07, 6.45) is 0. The number of hydrogen-bond acceptors (Lipinski definition) is 10. The van der Waals surface area contributed by atoms with Crippen molar-refractivity contribution in [2.45, 2.75) is 36.9 Å². The zero-order chi connectivity index (χ0) is 30.8. The minimum atomic E-state index is -1.04. The number of aliphatic hydroxyl groups excluding tert-OH is 1. The maximum Gasteiger partial charge on any atom is 0.301 e. The number of hydrogen-bond donors (Lipinski definition) is 1. The Morgan fingerprint density at radius 2 is 1.56 bits per heavy atom. The molecule has 0 bridgehead atoms. The number of anilines is 1. The number of ether oxygens (including phenoxy) is 3. The fourth-order valence-corrected chi connectivity index (χ4v) is 6.75. The van der Waals surface area contributed by atoms with E-state index in [0.717, 1.165) is 16.7 Å². The van der Waals surface area contributed by atoms with Gasteiger partial charge in [0, 0.05) is 11.3 Å². The molecular weight excluding hydrogens is 587 g/mol. The predicted octanol–water partition coefficient (Wildman–Crippen LogP) is 6.41. The van der Waals surface area contributed by atoms with Crippen LogP contribution in [0, 0.1) is 20.8 Å². The second-order valence-corrected chi connectivity index (χ2v) is 12.2. The average Bonchev–Trinajstić information content (AvgIpc) is 3.58. The molecule has 1 aliphatic rings. The maximum atomic E-state index is 13.7. The molecule has 4 aromatic rings. The number of aryl methyl sites for hydroxylation is 3. The van der Waals surface area contributed by atoms with E-state index in [9.17, 15) is 14.7 Å². The molecule has 1 atom stereocenters. The Morgan fingerprint density at radius 3 is 2.19 bits per heavy atom. The largest absolute Gasteiger partial charge is 0.507 e. The van der Waals surface area contributed by atoms with Gasteiger partial charge in [0.15, 0.2) is 15.8 Å². The summed E-state index contributed by atoms with van der Waals surface area (Å²) in [6, 6.07) is 16.1. The molecule has 3 aromatic carbocycles. The molecule has 0 aliphatic carbocycles. The molecule has 1 unspecified atom stereocenters. The van der Waals surface area contributed by atoms with Crippen molar-refractivity contribution in [1.29, 1.82) is 0 Å². The van der Waals surface area contributed by atoms with Gasteiger partial charge in [0.2, 0.25) is 10.9 Å². The Morgan fingerprint density at radius 1 is 0.907 bits per heavy atom. The van der Waals surface area contributed by atoms with Crippen LogP contribution in [0.5, 0.6) is 17.2 Å². The molecule has 43 heavy (non-hydrogen) atoms. The molecule has 5 rings (SSSR count). The summed E-state index contributed by atoms with van der Waals surface area (Å²) in [4.78, 5) is 28.7. The number of nitrogens with zero attached hydrogens (tertiary/aromatic N) is 3. The number of ketones is 1. The van der Waals surface area contributed by atoms with E-state index in [0.29, 0.717) is 38.5 Å². The summed E-state index contributed by atoms with van der Waals surface area (Å²) in [6.45, 7) is 5.76. The van der Waals surface area contributed by atoms with Crippen molar-refractivity contribution < 1.29 is 28.9 Å². The van der Waals surface area contributed by atoms with Gasteiger partial charge in [-0.1, -0.05) is 70.6 Å².